The number of aromatic nitrogens is 1. The first kappa shape index (κ1) is 21.8. The van der Waals surface area contributed by atoms with Crippen molar-refractivity contribution in [2.75, 3.05) is 0 Å². The molecule has 0 N–H and O–H groups in total. The molecule has 0 aliphatic heterocycles. The summed E-state index contributed by atoms with van der Waals surface area (Å²) >= 11 is 35.8. The zero-order chi connectivity index (χ0) is 20.8. The van der Waals surface area contributed by atoms with E-state index in [9.17, 15) is 13.2 Å². The molecule has 0 saturated heterocycles. The first-order valence-electron chi connectivity index (χ1n) is 7.36. The number of hydrogen-bond acceptors (Lipinski definition) is 1. The van der Waals surface area contributed by atoms with E-state index in [4.69, 9.17) is 69.6 Å². The maximum atomic E-state index is 13.8. The lowest BCUT2D eigenvalue weighted by Gasteiger charge is -2.16. The smallest absolute Gasteiger partial charge is 0.256 e. The summed E-state index contributed by atoms with van der Waals surface area (Å²) in [7, 11) is 0. The highest BCUT2D eigenvalue weighted by Crippen LogP contribution is 2.44. The summed E-state index contributed by atoms with van der Waals surface area (Å²) in [4.78, 5) is 4.10. The molecular weight excluding hydrogens is 500 g/mol. The maximum absolute atomic E-state index is 13.8. The van der Waals surface area contributed by atoms with E-state index >= 15 is 0 Å². The van der Waals surface area contributed by atoms with E-state index in [1.807, 2.05) is 0 Å². The minimum absolute atomic E-state index is 0.00187. The lowest BCUT2D eigenvalue weighted by atomic mass is 9.99. The van der Waals surface area contributed by atoms with Gasteiger partial charge >= 0.3 is 6.18 Å². The number of hydrogen-bond donors (Lipinski definition) is 0. The van der Waals surface area contributed by atoms with E-state index in [2.05, 4.69) is 4.98 Å². The van der Waals surface area contributed by atoms with E-state index in [-0.39, 0.29) is 52.5 Å². The fraction of sp³-hybridized carbons (Fsp3) is 0.0556. The average Bonchev–Trinajstić information content (AvgIpc) is 2.60. The van der Waals surface area contributed by atoms with E-state index < -0.39 is 11.7 Å². The number of nitrogens with zero attached hydrogens (tertiary/aromatic N) is 1. The zero-order valence-electron chi connectivity index (χ0n) is 13.3. The second-order valence-corrected chi connectivity index (χ2v) is 8.05. The van der Waals surface area contributed by atoms with Gasteiger partial charge in [0, 0.05) is 22.9 Å². The Bertz CT molecular complexity index is 1080. The van der Waals surface area contributed by atoms with Crippen LogP contribution in [0.15, 0.2) is 36.5 Å². The van der Waals surface area contributed by atoms with E-state index in [0.29, 0.717) is 0 Å². The molecule has 1 nitrogen and oxygen atoms in total. The van der Waals surface area contributed by atoms with Crippen LogP contribution in [0.25, 0.3) is 22.4 Å². The number of pyridine rings is 1. The van der Waals surface area contributed by atoms with E-state index in [1.54, 1.807) is 0 Å². The Morgan fingerprint density at radius 1 is 0.571 bits per heavy atom. The van der Waals surface area contributed by atoms with Crippen molar-refractivity contribution in [3.05, 3.63) is 72.2 Å². The highest BCUT2D eigenvalue weighted by molar-refractivity contribution is 6.44. The second-order valence-electron chi connectivity index (χ2n) is 5.61. The van der Waals surface area contributed by atoms with Gasteiger partial charge < -0.3 is 0 Å². The van der Waals surface area contributed by atoms with Gasteiger partial charge in [0.2, 0.25) is 0 Å². The van der Waals surface area contributed by atoms with Crippen LogP contribution in [0.5, 0.6) is 0 Å². The molecule has 0 spiro atoms. The molecule has 0 fully saturated rings. The van der Waals surface area contributed by atoms with Gasteiger partial charge in [-0.3, -0.25) is 4.98 Å². The molecule has 3 rings (SSSR count). The first-order valence-corrected chi connectivity index (χ1v) is 9.63. The summed E-state index contributed by atoms with van der Waals surface area (Å²) in [5.41, 5.74) is -1.01. The van der Waals surface area contributed by atoms with Crippen LogP contribution in [0.4, 0.5) is 13.2 Å². The molecule has 1 heterocycles. The van der Waals surface area contributed by atoms with Gasteiger partial charge in [-0.25, -0.2) is 0 Å². The van der Waals surface area contributed by atoms with Gasteiger partial charge in [-0.2, -0.15) is 13.2 Å². The van der Waals surface area contributed by atoms with Crippen molar-refractivity contribution in [1.29, 1.82) is 0 Å². The third-order valence-electron chi connectivity index (χ3n) is 3.80. The standard InChI is InChI=1S/C18H6Cl6F3N/c19-11-4-15(23)13(21)1-7(11)9-6-28-17(3-10(9)18(25,26)27)8-2-14(22)16(24)5-12(8)20/h1-6H. The number of halogens is 9. The van der Waals surface area contributed by atoms with Gasteiger partial charge in [-0.05, 0) is 30.3 Å². The molecule has 0 atom stereocenters. The number of rotatable bonds is 2. The molecule has 2 aromatic carbocycles. The second kappa shape index (κ2) is 8.10. The average molecular weight is 506 g/mol. The Hall–Kier alpha value is -0.880. The van der Waals surface area contributed by atoms with Gasteiger partial charge in [0.1, 0.15) is 0 Å². The summed E-state index contributed by atoms with van der Waals surface area (Å²) in [6.07, 6.45) is -3.66. The summed E-state index contributed by atoms with van der Waals surface area (Å²) in [6, 6.07) is 6.06. The van der Waals surface area contributed by atoms with Crippen LogP contribution in [0, 0.1) is 0 Å². The van der Waals surface area contributed by atoms with Crippen LogP contribution in [-0.4, -0.2) is 4.98 Å². The normalized spacial score (nSPS) is 11.8. The quantitative estimate of drug-likeness (QED) is 0.316. The number of alkyl halides is 3. The third kappa shape index (κ3) is 4.33. The Kier molecular flexibility index (Phi) is 6.31. The van der Waals surface area contributed by atoms with E-state index in [0.717, 1.165) is 12.3 Å². The van der Waals surface area contributed by atoms with Crippen molar-refractivity contribution >= 4 is 69.6 Å². The molecule has 146 valence electrons. The molecule has 0 amide bonds. The molecule has 0 saturated carbocycles. The summed E-state index contributed by atoms with van der Waals surface area (Å²) < 4.78 is 41.3. The summed E-state index contributed by atoms with van der Waals surface area (Å²) in [5.74, 6) is 0. The molecule has 0 bridgehead atoms. The Labute approximate surface area is 187 Å². The summed E-state index contributed by atoms with van der Waals surface area (Å²) in [5, 5.41) is 0.595. The first-order chi connectivity index (χ1) is 13.0. The number of benzene rings is 2. The van der Waals surface area contributed by atoms with Crippen LogP contribution in [0.1, 0.15) is 5.56 Å². The third-order valence-corrected chi connectivity index (χ3v) is 5.87. The molecule has 0 radical (unpaired) electrons. The van der Waals surface area contributed by atoms with Crippen LogP contribution in [-0.2, 0) is 6.18 Å². The van der Waals surface area contributed by atoms with Crippen molar-refractivity contribution in [2.24, 2.45) is 0 Å². The van der Waals surface area contributed by atoms with Crippen LogP contribution >= 0.6 is 69.6 Å². The van der Waals surface area contributed by atoms with Crippen LogP contribution < -0.4 is 0 Å². The minimum Gasteiger partial charge on any atom is -0.256 e. The summed E-state index contributed by atoms with van der Waals surface area (Å²) in [6.45, 7) is 0. The highest BCUT2D eigenvalue weighted by atomic mass is 35.5. The fourth-order valence-corrected chi connectivity index (χ4v) is 3.79. The predicted molar refractivity (Wildman–Crippen MR) is 110 cm³/mol. The van der Waals surface area contributed by atoms with Gasteiger partial charge in [0.15, 0.2) is 0 Å². The monoisotopic (exact) mass is 503 g/mol. The predicted octanol–water partition coefficient (Wildman–Crippen LogP) is 9.35. The minimum atomic E-state index is -4.70. The molecule has 3 aromatic rings. The highest BCUT2D eigenvalue weighted by Gasteiger charge is 2.35. The molecule has 0 aliphatic rings. The molecule has 1 aromatic heterocycles. The van der Waals surface area contributed by atoms with Crippen molar-refractivity contribution in [3.8, 4) is 22.4 Å². The van der Waals surface area contributed by atoms with Crippen molar-refractivity contribution < 1.29 is 13.2 Å². The van der Waals surface area contributed by atoms with E-state index in [1.165, 1.54) is 24.3 Å². The SMILES string of the molecule is FC(F)(F)c1cc(-c2cc(Cl)c(Cl)cc2Cl)ncc1-c1cc(Cl)c(Cl)cc1Cl. The topological polar surface area (TPSA) is 12.9 Å². The molecule has 10 heteroatoms. The van der Waals surface area contributed by atoms with Crippen LogP contribution in [0.2, 0.25) is 30.1 Å². The maximum Gasteiger partial charge on any atom is 0.417 e. The fourth-order valence-electron chi connectivity index (χ4n) is 2.50. The zero-order valence-corrected chi connectivity index (χ0v) is 17.8. The molecule has 0 aliphatic carbocycles. The van der Waals surface area contributed by atoms with Crippen molar-refractivity contribution in [3.63, 3.8) is 0 Å². The van der Waals surface area contributed by atoms with Gasteiger partial charge in [0.25, 0.3) is 0 Å². The Morgan fingerprint density at radius 2 is 1.04 bits per heavy atom. The van der Waals surface area contributed by atoms with Crippen molar-refractivity contribution in [2.45, 2.75) is 6.18 Å². The molecule has 0 unspecified atom stereocenters. The van der Waals surface area contributed by atoms with Gasteiger partial charge in [0.05, 0.1) is 41.4 Å². The molecular formula is C18H6Cl6F3N. The molecule has 28 heavy (non-hydrogen) atoms. The van der Waals surface area contributed by atoms with Crippen molar-refractivity contribution in [1.82, 2.24) is 4.98 Å². The van der Waals surface area contributed by atoms with Gasteiger partial charge in [-0.1, -0.05) is 69.6 Å². The van der Waals surface area contributed by atoms with Gasteiger partial charge in [-0.15, -0.1) is 0 Å². The largest absolute Gasteiger partial charge is 0.417 e. The lowest BCUT2D eigenvalue weighted by molar-refractivity contribution is -0.137. The Morgan fingerprint density at radius 3 is 1.57 bits per heavy atom. The van der Waals surface area contributed by atoms with Crippen LogP contribution in [0.3, 0.4) is 0 Å². The Balaban J connectivity index is 2.26. The lowest BCUT2D eigenvalue weighted by Crippen LogP contribution is -2.08.